The largest absolute Gasteiger partial charge is 0.507 e. The zero-order valence-corrected chi connectivity index (χ0v) is 33.0. The second-order valence-electron chi connectivity index (χ2n) is 15.7. The minimum absolute atomic E-state index is 0.000149. The Bertz CT molecular complexity index is 1620. The quantitative estimate of drug-likeness (QED) is 0.228. The number of ether oxygens (including phenoxy) is 2. The fraction of sp³-hybridized carbons (Fsp3) is 0.619. The fourth-order valence-corrected chi connectivity index (χ4v) is 8.56. The van der Waals surface area contributed by atoms with Crippen molar-refractivity contribution in [2.75, 3.05) is 77.4 Å². The summed E-state index contributed by atoms with van der Waals surface area (Å²) in [6.07, 6.45) is 5.42. The van der Waals surface area contributed by atoms with Gasteiger partial charge in [0.25, 0.3) is 5.91 Å². The van der Waals surface area contributed by atoms with Crippen LogP contribution in [0.5, 0.6) is 5.75 Å². The number of piperidine rings is 2. The van der Waals surface area contributed by atoms with Crippen molar-refractivity contribution in [3.05, 3.63) is 58.7 Å². The Morgan fingerprint density at radius 1 is 0.855 bits per heavy atom. The number of fused-ring (bicyclic) bond motifs is 1. The summed E-state index contributed by atoms with van der Waals surface area (Å²) in [6, 6.07) is 11.8. The molecule has 0 spiro atoms. The van der Waals surface area contributed by atoms with Crippen molar-refractivity contribution in [2.24, 2.45) is 0 Å². The molecule has 55 heavy (non-hydrogen) atoms. The Labute approximate surface area is 325 Å². The van der Waals surface area contributed by atoms with E-state index in [4.69, 9.17) is 9.47 Å². The van der Waals surface area contributed by atoms with Gasteiger partial charge < -0.3 is 34.6 Å². The van der Waals surface area contributed by atoms with Crippen LogP contribution in [0.3, 0.4) is 0 Å². The first-order valence-electron chi connectivity index (χ1n) is 20.4. The van der Waals surface area contributed by atoms with E-state index in [0.29, 0.717) is 75.9 Å². The van der Waals surface area contributed by atoms with Crippen LogP contribution in [0.4, 0.5) is 15.3 Å². The number of amides is 4. The highest BCUT2D eigenvalue weighted by Gasteiger charge is 2.37. The summed E-state index contributed by atoms with van der Waals surface area (Å²) in [7, 11) is 0. The van der Waals surface area contributed by atoms with Crippen LogP contribution in [0.1, 0.15) is 74.1 Å². The van der Waals surface area contributed by atoms with Gasteiger partial charge in [-0.05, 0) is 80.7 Å². The summed E-state index contributed by atoms with van der Waals surface area (Å²) in [6.45, 7) is 12.6. The van der Waals surface area contributed by atoms with E-state index in [0.717, 1.165) is 81.5 Å². The van der Waals surface area contributed by atoms with E-state index < -0.39 is 12.2 Å². The summed E-state index contributed by atoms with van der Waals surface area (Å²) < 4.78 is 11.5. The molecule has 4 aliphatic rings. The van der Waals surface area contributed by atoms with E-state index in [1.54, 1.807) is 4.90 Å². The molecule has 13 heteroatoms. The molecule has 2 aromatic carbocycles. The molecule has 0 saturated carbocycles. The molecular formula is C42H60N6O7. The van der Waals surface area contributed by atoms with Gasteiger partial charge in [0.1, 0.15) is 5.75 Å². The number of piperazine rings is 1. The molecule has 3 saturated heterocycles. The van der Waals surface area contributed by atoms with Crippen molar-refractivity contribution in [3.8, 4) is 5.75 Å². The number of nitrogens with zero attached hydrogens (tertiary/aromatic N) is 5. The maximum absolute atomic E-state index is 14.2. The van der Waals surface area contributed by atoms with Crippen LogP contribution in [0.15, 0.2) is 36.4 Å². The Balaban J connectivity index is 1.02. The molecule has 0 bridgehead atoms. The van der Waals surface area contributed by atoms with Crippen molar-refractivity contribution in [1.29, 1.82) is 0 Å². The number of phenols is 1. The highest BCUT2D eigenvalue weighted by molar-refractivity contribution is 5.91. The highest BCUT2D eigenvalue weighted by Crippen LogP contribution is 2.28. The van der Waals surface area contributed by atoms with E-state index in [9.17, 15) is 24.3 Å². The Morgan fingerprint density at radius 3 is 2.20 bits per heavy atom. The van der Waals surface area contributed by atoms with Crippen LogP contribution in [0.25, 0.3) is 0 Å². The van der Waals surface area contributed by atoms with Crippen LogP contribution in [-0.4, -0.2) is 144 Å². The van der Waals surface area contributed by atoms with Gasteiger partial charge in [-0.3, -0.25) is 19.4 Å². The zero-order chi connectivity index (χ0) is 38.9. The van der Waals surface area contributed by atoms with E-state index >= 15 is 0 Å². The molecule has 300 valence electrons. The number of para-hydroxylation sites is 1. The third kappa shape index (κ3) is 10.5. The number of esters is 1. The van der Waals surface area contributed by atoms with E-state index in [1.807, 2.05) is 60.0 Å². The lowest BCUT2D eigenvalue weighted by Crippen LogP contribution is -2.55. The van der Waals surface area contributed by atoms with Crippen LogP contribution in [0, 0.1) is 13.8 Å². The summed E-state index contributed by atoms with van der Waals surface area (Å²) in [5.74, 6) is -0.130. The molecule has 0 aromatic heterocycles. The molecule has 0 radical (unpaired) electrons. The van der Waals surface area contributed by atoms with Gasteiger partial charge in [-0.15, -0.1) is 0 Å². The molecule has 13 nitrogen and oxygen atoms in total. The molecule has 0 unspecified atom stereocenters. The molecule has 6 rings (SSSR count). The van der Waals surface area contributed by atoms with Crippen molar-refractivity contribution in [3.63, 3.8) is 0 Å². The van der Waals surface area contributed by atoms with Gasteiger partial charge in [-0.1, -0.05) is 50.1 Å². The maximum Gasteiger partial charge on any atom is 0.410 e. The van der Waals surface area contributed by atoms with Gasteiger partial charge >= 0.3 is 18.1 Å². The molecule has 4 heterocycles. The number of hydrogen-bond acceptors (Lipinski definition) is 9. The predicted molar refractivity (Wildman–Crippen MR) is 210 cm³/mol. The van der Waals surface area contributed by atoms with E-state index in [2.05, 4.69) is 22.0 Å². The normalized spacial score (nSPS) is 19.7. The SMILES string of the molecule is CCCCCOC(=O)CN1CCN(C2CCN(C(=O)[C@@H](Cc3cc(C)c(O)c(C)c3)OC(=O)N3CCC(N4CCc5ccccc5NC4=O)CC3)CC2)CC1. The number of benzene rings is 2. The van der Waals surface area contributed by atoms with Gasteiger partial charge in [-0.25, -0.2) is 9.59 Å². The van der Waals surface area contributed by atoms with Gasteiger partial charge in [0, 0.05) is 83.1 Å². The lowest BCUT2D eigenvalue weighted by atomic mass is 9.98. The second-order valence-corrected chi connectivity index (χ2v) is 15.7. The van der Waals surface area contributed by atoms with Crippen LogP contribution in [0.2, 0.25) is 0 Å². The van der Waals surface area contributed by atoms with Crippen molar-refractivity contribution >= 4 is 29.7 Å². The molecule has 1 atom stereocenters. The number of aromatic hydroxyl groups is 1. The summed E-state index contributed by atoms with van der Waals surface area (Å²) in [5.41, 5.74) is 4.20. The third-order valence-electron chi connectivity index (χ3n) is 11.9. The average molecular weight is 761 g/mol. The topological polar surface area (TPSA) is 135 Å². The molecule has 4 amide bonds. The first-order valence-corrected chi connectivity index (χ1v) is 20.4. The summed E-state index contributed by atoms with van der Waals surface area (Å²) in [5, 5.41) is 13.4. The number of hydrogen-bond donors (Lipinski definition) is 2. The molecule has 3 fully saturated rings. The van der Waals surface area contributed by atoms with Gasteiger partial charge in [0.05, 0.1) is 13.2 Å². The standard InChI is InChI=1S/C42H60N6O7/c1-4-5-8-25-54-38(49)29-44-21-23-45(24-22-44)34-12-16-46(17-13-34)40(51)37(28-32-26-30(2)39(50)31(3)27-32)55-42(53)47-18-14-35(15-19-47)48-20-11-33-9-6-7-10-36(33)43-41(48)52/h6-7,9-10,26-27,34-35,37,50H,4-5,8,11-25,28-29H2,1-3H3,(H,43,52)/t37-/m1/s1. The number of likely N-dealkylation sites (tertiary alicyclic amines) is 2. The minimum atomic E-state index is -1.01. The Morgan fingerprint density at radius 2 is 1.51 bits per heavy atom. The fourth-order valence-electron chi connectivity index (χ4n) is 8.56. The number of unbranched alkanes of at least 4 members (excludes halogenated alkanes) is 2. The number of aryl methyl sites for hydroxylation is 2. The number of carbonyl (C=O) groups is 4. The molecular weight excluding hydrogens is 700 g/mol. The van der Waals surface area contributed by atoms with Gasteiger partial charge in [0.15, 0.2) is 6.10 Å². The number of carbonyl (C=O) groups excluding carboxylic acids is 4. The molecule has 2 aromatic rings. The lowest BCUT2D eigenvalue weighted by Gasteiger charge is -2.43. The van der Waals surface area contributed by atoms with Crippen molar-refractivity contribution in [1.82, 2.24) is 24.5 Å². The highest BCUT2D eigenvalue weighted by atomic mass is 16.6. The monoisotopic (exact) mass is 760 g/mol. The number of phenolic OH excluding ortho intramolecular Hbond substituents is 1. The van der Waals surface area contributed by atoms with E-state index in [1.165, 1.54) is 0 Å². The number of rotatable bonds is 12. The molecule has 4 aliphatic heterocycles. The maximum atomic E-state index is 14.2. The first kappa shape index (κ1) is 40.3. The number of anilines is 1. The van der Waals surface area contributed by atoms with Crippen LogP contribution < -0.4 is 5.32 Å². The second kappa shape index (κ2) is 19.0. The molecule has 2 N–H and O–H groups in total. The van der Waals surface area contributed by atoms with Crippen LogP contribution in [-0.2, 0) is 31.9 Å². The van der Waals surface area contributed by atoms with E-state index in [-0.39, 0.29) is 36.1 Å². The lowest BCUT2D eigenvalue weighted by molar-refractivity contribution is -0.145. The van der Waals surface area contributed by atoms with Gasteiger partial charge in [-0.2, -0.15) is 0 Å². The third-order valence-corrected chi connectivity index (χ3v) is 11.9. The summed E-state index contributed by atoms with van der Waals surface area (Å²) in [4.78, 5) is 63.3. The van der Waals surface area contributed by atoms with Gasteiger partial charge in [0.2, 0.25) is 0 Å². The Kier molecular flexibility index (Phi) is 13.9. The first-order chi connectivity index (χ1) is 26.6. The van der Waals surface area contributed by atoms with Crippen molar-refractivity contribution < 1.29 is 33.8 Å². The zero-order valence-electron chi connectivity index (χ0n) is 33.0. The Hall–Kier alpha value is -4.36. The van der Waals surface area contributed by atoms with Crippen LogP contribution >= 0.6 is 0 Å². The predicted octanol–water partition coefficient (Wildman–Crippen LogP) is 4.95. The molecule has 0 aliphatic carbocycles. The van der Waals surface area contributed by atoms with Crippen molar-refractivity contribution in [2.45, 2.75) is 96.7 Å². The number of nitrogens with one attached hydrogen (secondary N) is 1. The minimum Gasteiger partial charge on any atom is -0.507 e. The average Bonchev–Trinajstić information content (AvgIpc) is 3.36. The number of urea groups is 1. The smallest absolute Gasteiger partial charge is 0.410 e. The summed E-state index contributed by atoms with van der Waals surface area (Å²) >= 11 is 0.